The van der Waals surface area contributed by atoms with Crippen molar-refractivity contribution < 1.29 is 13.2 Å². The number of nitrogens with zero attached hydrogens (tertiary/aromatic N) is 2. The molecule has 0 radical (unpaired) electrons. The van der Waals surface area contributed by atoms with Gasteiger partial charge in [-0.2, -0.15) is 4.31 Å². The number of sulfonamides is 1. The molecule has 0 aliphatic carbocycles. The summed E-state index contributed by atoms with van der Waals surface area (Å²) in [7, 11) is -3.45. The zero-order valence-corrected chi connectivity index (χ0v) is 17.9. The van der Waals surface area contributed by atoms with Crippen molar-refractivity contribution in [3.63, 3.8) is 0 Å². The fourth-order valence-electron chi connectivity index (χ4n) is 3.47. The summed E-state index contributed by atoms with van der Waals surface area (Å²) in [5, 5.41) is 3.41. The van der Waals surface area contributed by atoms with Gasteiger partial charge >= 0.3 is 0 Å². The lowest BCUT2D eigenvalue weighted by atomic mass is 10.1. The van der Waals surface area contributed by atoms with E-state index < -0.39 is 10.0 Å². The van der Waals surface area contributed by atoms with Gasteiger partial charge in [0, 0.05) is 13.1 Å². The maximum Gasteiger partial charge on any atom is 0.243 e. The van der Waals surface area contributed by atoms with Crippen molar-refractivity contribution in [2.75, 3.05) is 18.4 Å². The van der Waals surface area contributed by atoms with Gasteiger partial charge in [0.15, 0.2) is 5.13 Å². The smallest absolute Gasteiger partial charge is 0.243 e. The van der Waals surface area contributed by atoms with Crippen molar-refractivity contribution in [2.24, 2.45) is 0 Å². The van der Waals surface area contributed by atoms with Gasteiger partial charge in [-0.25, -0.2) is 13.4 Å². The SMILES string of the molecule is Cc1ccc2nc(NC(=O)Cc3ccc(S(=O)(=O)N4CCCCC4)cc3)sc2c1. The molecule has 2 heterocycles. The number of aryl methyl sites for hydroxylation is 1. The second kappa shape index (κ2) is 8.22. The van der Waals surface area contributed by atoms with Gasteiger partial charge in [0.2, 0.25) is 15.9 Å². The van der Waals surface area contributed by atoms with Crippen molar-refractivity contribution in [3.05, 3.63) is 53.6 Å². The summed E-state index contributed by atoms with van der Waals surface area (Å²) >= 11 is 1.44. The van der Waals surface area contributed by atoms with E-state index in [1.54, 1.807) is 28.6 Å². The van der Waals surface area contributed by atoms with Crippen LogP contribution < -0.4 is 5.32 Å². The summed E-state index contributed by atoms with van der Waals surface area (Å²) in [6, 6.07) is 12.6. The number of hydrogen-bond acceptors (Lipinski definition) is 5. The molecule has 2 aromatic carbocycles. The highest BCUT2D eigenvalue weighted by molar-refractivity contribution is 7.89. The van der Waals surface area contributed by atoms with E-state index in [9.17, 15) is 13.2 Å². The van der Waals surface area contributed by atoms with Crippen LogP contribution in [-0.4, -0.2) is 36.7 Å². The molecule has 0 bridgehead atoms. The number of nitrogens with one attached hydrogen (secondary N) is 1. The van der Waals surface area contributed by atoms with Crippen molar-refractivity contribution in [1.82, 2.24) is 9.29 Å². The van der Waals surface area contributed by atoms with Crippen LogP contribution in [-0.2, 0) is 21.2 Å². The lowest BCUT2D eigenvalue weighted by Gasteiger charge is -2.25. The van der Waals surface area contributed by atoms with Gasteiger partial charge in [-0.3, -0.25) is 4.79 Å². The number of carbonyl (C=O) groups is 1. The molecule has 0 spiro atoms. The Labute approximate surface area is 174 Å². The Hall–Kier alpha value is -2.29. The number of anilines is 1. The Bertz CT molecular complexity index is 1130. The standard InChI is InChI=1S/C21H23N3O3S2/c1-15-5-10-18-19(13-15)28-21(22-18)23-20(25)14-16-6-8-17(9-7-16)29(26,27)24-11-3-2-4-12-24/h5-10,13H,2-4,11-12,14H2,1H3,(H,22,23,25). The maximum absolute atomic E-state index is 12.7. The number of rotatable bonds is 5. The molecule has 1 saturated heterocycles. The van der Waals surface area contributed by atoms with E-state index in [1.807, 2.05) is 25.1 Å². The highest BCUT2D eigenvalue weighted by Gasteiger charge is 2.25. The molecule has 1 aliphatic heterocycles. The Morgan fingerprint density at radius 3 is 2.55 bits per heavy atom. The van der Waals surface area contributed by atoms with Crippen LogP contribution in [0.5, 0.6) is 0 Å². The quantitative estimate of drug-likeness (QED) is 0.666. The predicted molar refractivity (Wildman–Crippen MR) is 116 cm³/mol. The topological polar surface area (TPSA) is 79.4 Å². The molecule has 152 valence electrons. The van der Waals surface area contributed by atoms with E-state index >= 15 is 0 Å². The van der Waals surface area contributed by atoms with Gasteiger partial charge in [0.25, 0.3) is 0 Å². The number of thiazole rings is 1. The molecule has 0 atom stereocenters. The third kappa shape index (κ3) is 4.49. The van der Waals surface area contributed by atoms with E-state index in [4.69, 9.17) is 0 Å². The van der Waals surface area contributed by atoms with Crippen LogP contribution in [0.15, 0.2) is 47.4 Å². The molecule has 3 aromatic rings. The summed E-state index contributed by atoms with van der Waals surface area (Å²) in [5.41, 5.74) is 2.78. The van der Waals surface area contributed by atoms with Gasteiger partial charge in [-0.05, 0) is 55.2 Å². The van der Waals surface area contributed by atoms with Crippen LogP contribution in [0.1, 0.15) is 30.4 Å². The molecule has 8 heteroatoms. The second-order valence-corrected chi connectivity index (χ2v) is 10.3. The fraction of sp³-hybridized carbons (Fsp3) is 0.333. The summed E-state index contributed by atoms with van der Waals surface area (Å²) in [6.07, 6.45) is 3.05. The molecule has 1 aromatic heterocycles. The zero-order valence-electron chi connectivity index (χ0n) is 16.2. The summed E-state index contributed by atoms with van der Waals surface area (Å²) < 4.78 is 28.0. The van der Waals surface area contributed by atoms with E-state index in [-0.39, 0.29) is 17.2 Å². The van der Waals surface area contributed by atoms with E-state index in [0.717, 1.165) is 40.6 Å². The first-order valence-electron chi connectivity index (χ1n) is 9.68. The van der Waals surface area contributed by atoms with Crippen LogP contribution >= 0.6 is 11.3 Å². The number of carbonyl (C=O) groups excluding carboxylic acids is 1. The highest BCUT2D eigenvalue weighted by Crippen LogP contribution is 2.27. The molecule has 1 amide bonds. The normalized spacial score (nSPS) is 15.5. The third-order valence-electron chi connectivity index (χ3n) is 5.03. The number of fused-ring (bicyclic) bond motifs is 1. The first-order chi connectivity index (χ1) is 13.9. The summed E-state index contributed by atoms with van der Waals surface area (Å²) in [5.74, 6) is -0.174. The molecule has 0 unspecified atom stereocenters. The van der Waals surface area contributed by atoms with Crippen molar-refractivity contribution in [3.8, 4) is 0 Å². The number of benzene rings is 2. The molecule has 4 rings (SSSR count). The van der Waals surface area contributed by atoms with Crippen molar-refractivity contribution in [2.45, 2.75) is 37.5 Å². The summed E-state index contributed by atoms with van der Waals surface area (Å²) in [6.45, 7) is 3.18. The van der Waals surface area contributed by atoms with Gasteiger partial charge in [-0.1, -0.05) is 36.0 Å². The van der Waals surface area contributed by atoms with Gasteiger partial charge in [0.1, 0.15) is 0 Å². The molecular weight excluding hydrogens is 406 g/mol. The number of piperidine rings is 1. The van der Waals surface area contributed by atoms with E-state index in [0.29, 0.717) is 18.2 Å². The van der Waals surface area contributed by atoms with Crippen LogP contribution in [0.4, 0.5) is 5.13 Å². The molecule has 1 N–H and O–H groups in total. The molecule has 1 aliphatic rings. The maximum atomic E-state index is 12.7. The fourth-order valence-corrected chi connectivity index (χ4v) is 5.97. The Morgan fingerprint density at radius 2 is 1.83 bits per heavy atom. The van der Waals surface area contributed by atoms with Crippen molar-refractivity contribution in [1.29, 1.82) is 0 Å². The average Bonchev–Trinajstić information content (AvgIpc) is 3.10. The van der Waals surface area contributed by atoms with Gasteiger partial charge < -0.3 is 5.32 Å². The Balaban J connectivity index is 1.41. The minimum Gasteiger partial charge on any atom is -0.302 e. The van der Waals surface area contributed by atoms with Crippen LogP contribution in [0.2, 0.25) is 0 Å². The monoisotopic (exact) mass is 429 g/mol. The summed E-state index contributed by atoms with van der Waals surface area (Å²) in [4.78, 5) is 17.1. The van der Waals surface area contributed by atoms with Crippen LogP contribution in [0, 0.1) is 6.92 Å². The lowest BCUT2D eigenvalue weighted by molar-refractivity contribution is -0.115. The van der Waals surface area contributed by atoms with Crippen LogP contribution in [0.3, 0.4) is 0 Å². The molecular formula is C21H23N3O3S2. The Morgan fingerprint density at radius 1 is 1.10 bits per heavy atom. The second-order valence-electron chi connectivity index (χ2n) is 7.32. The molecule has 29 heavy (non-hydrogen) atoms. The molecule has 6 nitrogen and oxygen atoms in total. The van der Waals surface area contributed by atoms with E-state index in [1.165, 1.54) is 11.3 Å². The third-order valence-corrected chi connectivity index (χ3v) is 7.88. The molecule has 1 fully saturated rings. The zero-order chi connectivity index (χ0) is 20.4. The van der Waals surface area contributed by atoms with Gasteiger partial charge in [0.05, 0.1) is 21.5 Å². The van der Waals surface area contributed by atoms with Crippen molar-refractivity contribution >= 4 is 42.6 Å². The minimum atomic E-state index is -3.45. The first kappa shape index (κ1) is 20.0. The average molecular weight is 430 g/mol. The lowest BCUT2D eigenvalue weighted by Crippen LogP contribution is -2.35. The Kier molecular flexibility index (Phi) is 5.67. The first-order valence-corrected chi connectivity index (χ1v) is 11.9. The minimum absolute atomic E-state index is 0.166. The van der Waals surface area contributed by atoms with Gasteiger partial charge in [-0.15, -0.1) is 0 Å². The number of hydrogen-bond donors (Lipinski definition) is 1. The largest absolute Gasteiger partial charge is 0.302 e. The molecule has 0 saturated carbocycles. The number of aromatic nitrogens is 1. The number of amides is 1. The predicted octanol–water partition coefficient (Wildman–Crippen LogP) is 3.96. The van der Waals surface area contributed by atoms with E-state index in [2.05, 4.69) is 10.3 Å². The highest BCUT2D eigenvalue weighted by atomic mass is 32.2. The van der Waals surface area contributed by atoms with Crippen LogP contribution in [0.25, 0.3) is 10.2 Å².